The molecule has 1 atom stereocenters. The lowest BCUT2D eigenvalue weighted by atomic mass is 10.0. The molecule has 0 fully saturated rings. The average Bonchev–Trinajstić information content (AvgIpc) is 2.87. The molecule has 0 radical (unpaired) electrons. The van der Waals surface area contributed by atoms with E-state index in [2.05, 4.69) is 5.43 Å². The van der Waals surface area contributed by atoms with Gasteiger partial charge in [0.25, 0.3) is 0 Å². The van der Waals surface area contributed by atoms with Crippen LogP contribution in [0.2, 0.25) is 0 Å². The molecule has 0 amide bonds. The molecule has 3 nitrogen and oxygen atoms in total. The lowest BCUT2D eigenvalue weighted by molar-refractivity contribution is 0.462. The van der Waals surface area contributed by atoms with Crippen LogP contribution in [0.4, 0.5) is 4.39 Å². The van der Waals surface area contributed by atoms with Crippen molar-refractivity contribution in [3.8, 4) is 0 Å². The van der Waals surface area contributed by atoms with Crippen LogP contribution < -0.4 is 11.3 Å². The highest BCUT2D eigenvalue weighted by atomic mass is 19.1. The summed E-state index contributed by atoms with van der Waals surface area (Å²) >= 11 is 0. The minimum absolute atomic E-state index is 0.312. The molecule has 4 heteroatoms. The fourth-order valence-corrected chi connectivity index (χ4v) is 2.41. The number of halogens is 1. The summed E-state index contributed by atoms with van der Waals surface area (Å²) in [7, 11) is 0. The first-order chi connectivity index (χ1) is 9.70. The Labute approximate surface area is 116 Å². The van der Waals surface area contributed by atoms with Gasteiger partial charge in [0.15, 0.2) is 0 Å². The van der Waals surface area contributed by atoms with E-state index in [1.165, 1.54) is 6.07 Å². The third-order valence-corrected chi connectivity index (χ3v) is 3.43. The van der Waals surface area contributed by atoms with Gasteiger partial charge in [-0.05, 0) is 24.6 Å². The standard InChI is InChI=1S/C16H15FN2O/c1-10-5-4-6-11-9-14(20-16(10)11)15(19-18)12-7-2-3-8-13(12)17/h2-9,15,19H,18H2,1H3. The maximum absolute atomic E-state index is 13.9. The van der Waals surface area contributed by atoms with Crippen LogP contribution in [-0.2, 0) is 0 Å². The number of hydrogen-bond donors (Lipinski definition) is 2. The van der Waals surface area contributed by atoms with Crippen molar-refractivity contribution < 1.29 is 8.81 Å². The average molecular weight is 270 g/mol. The molecular weight excluding hydrogens is 255 g/mol. The highest BCUT2D eigenvalue weighted by Crippen LogP contribution is 2.30. The van der Waals surface area contributed by atoms with Gasteiger partial charge >= 0.3 is 0 Å². The molecule has 0 spiro atoms. The number of hydrogen-bond acceptors (Lipinski definition) is 3. The Morgan fingerprint density at radius 3 is 2.65 bits per heavy atom. The summed E-state index contributed by atoms with van der Waals surface area (Å²) in [6.07, 6.45) is 0. The van der Waals surface area contributed by atoms with E-state index in [1.54, 1.807) is 18.2 Å². The first kappa shape index (κ1) is 12.8. The molecule has 0 aliphatic rings. The molecular formula is C16H15FN2O. The number of para-hydroxylation sites is 1. The highest BCUT2D eigenvalue weighted by molar-refractivity contribution is 5.81. The fourth-order valence-electron chi connectivity index (χ4n) is 2.41. The molecule has 0 saturated carbocycles. The highest BCUT2D eigenvalue weighted by Gasteiger charge is 2.20. The molecule has 3 rings (SSSR count). The molecule has 0 saturated heterocycles. The normalized spacial score (nSPS) is 12.8. The monoisotopic (exact) mass is 270 g/mol. The third-order valence-electron chi connectivity index (χ3n) is 3.43. The van der Waals surface area contributed by atoms with Gasteiger partial charge in [0.2, 0.25) is 0 Å². The van der Waals surface area contributed by atoms with Gasteiger partial charge in [-0.25, -0.2) is 9.82 Å². The maximum atomic E-state index is 13.9. The molecule has 0 aliphatic heterocycles. The Kier molecular flexibility index (Phi) is 3.26. The van der Waals surface area contributed by atoms with E-state index in [0.717, 1.165) is 16.5 Å². The van der Waals surface area contributed by atoms with Gasteiger partial charge in [-0.1, -0.05) is 36.4 Å². The number of nitrogens with one attached hydrogen (secondary N) is 1. The molecule has 1 aromatic heterocycles. The van der Waals surface area contributed by atoms with Crippen LogP contribution >= 0.6 is 0 Å². The SMILES string of the molecule is Cc1cccc2cc(C(NN)c3ccccc3F)oc12. The Morgan fingerprint density at radius 1 is 1.15 bits per heavy atom. The van der Waals surface area contributed by atoms with Gasteiger partial charge in [0.1, 0.15) is 23.2 Å². The summed E-state index contributed by atoms with van der Waals surface area (Å²) in [6.45, 7) is 1.98. The fraction of sp³-hybridized carbons (Fsp3) is 0.125. The lowest BCUT2D eigenvalue weighted by Gasteiger charge is -2.14. The van der Waals surface area contributed by atoms with Crippen molar-refractivity contribution in [2.75, 3.05) is 0 Å². The molecule has 2 aromatic carbocycles. The summed E-state index contributed by atoms with van der Waals surface area (Å²) in [5, 5.41) is 0.983. The molecule has 1 unspecified atom stereocenters. The topological polar surface area (TPSA) is 51.2 Å². The van der Waals surface area contributed by atoms with Crippen molar-refractivity contribution in [2.24, 2.45) is 5.84 Å². The second-order valence-corrected chi connectivity index (χ2v) is 4.76. The van der Waals surface area contributed by atoms with Crippen LogP contribution in [0.15, 0.2) is 52.9 Å². The van der Waals surface area contributed by atoms with Crippen LogP contribution in [0.1, 0.15) is 22.9 Å². The van der Waals surface area contributed by atoms with Crippen molar-refractivity contribution in [1.29, 1.82) is 0 Å². The number of rotatable bonds is 3. The summed E-state index contributed by atoms with van der Waals surface area (Å²) < 4.78 is 19.8. The van der Waals surface area contributed by atoms with Crippen LogP contribution in [0.25, 0.3) is 11.0 Å². The molecule has 3 aromatic rings. The van der Waals surface area contributed by atoms with Crippen molar-refractivity contribution in [3.05, 3.63) is 71.2 Å². The van der Waals surface area contributed by atoms with Crippen LogP contribution in [-0.4, -0.2) is 0 Å². The molecule has 3 N–H and O–H groups in total. The predicted octanol–water partition coefficient (Wildman–Crippen LogP) is 3.43. The molecule has 1 heterocycles. The second-order valence-electron chi connectivity index (χ2n) is 4.76. The molecule has 0 aliphatic carbocycles. The summed E-state index contributed by atoms with van der Waals surface area (Å²) in [5.41, 5.74) is 4.93. The first-order valence-electron chi connectivity index (χ1n) is 6.40. The van der Waals surface area contributed by atoms with E-state index in [-0.39, 0.29) is 5.82 Å². The van der Waals surface area contributed by atoms with Crippen LogP contribution in [0.5, 0.6) is 0 Å². The zero-order valence-corrected chi connectivity index (χ0v) is 11.1. The molecule has 102 valence electrons. The molecule has 0 bridgehead atoms. The zero-order valence-electron chi connectivity index (χ0n) is 11.1. The number of aryl methyl sites for hydroxylation is 1. The van der Waals surface area contributed by atoms with E-state index in [4.69, 9.17) is 10.3 Å². The van der Waals surface area contributed by atoms with E-state index in [9.17, 15) is 4.39 Å². The van der Waals surface area contributed by atoms with E-state index in [0.29, 0.717) is 11.3 Å². The van der Waals surface area contributed by atoms with Crippen LogP contribution in [0.3, 0.4) is 0 Å². The van der Waals surface area contributed by atoms with Gasteiger partial charge in [-0.3, -0.25) is 5.84 Å². The van der Waals surface area contributed by atoms with Crippen molar-refractivity contribution in [3.63, 3.8) is 0 Å². The van der Waals surface area contributed by atoms with Crippen molar-refractivity contribution >= 4 is 11.0 Å². The maximum Gasteiger partial charge on any atom is 0.137 e. The minimum Gasteiger partial charge on any atom is -0.459 e. The summed E-state index contributed by atoms with van der Waals surface area (Å²) in [5.74, 6) is 5.88. The van der Waals surface area contributed by atoms with E-state index >= 15 is 0 Å². The summed E-state index contributed by atoms with van der Waals surface area (Å²) in [6, 6.07) is 13.8. The van der Waals surface area contributed by atoms with E-state index < -0.39 is 6.04 Å². The number of nitrogens with two attached hydrogens (primary N) is 1. The quantitative estimate of drug-likeness (QED) is 0.566. The third kappa shape index (κ3) is 2.09. The minimum atomic E-state index is -0.511. The Balaban J connectivity index is 2.12. The smallest absolute Gasteiger partial charge is 0.137 e. The first-order valence-corrected chi connectivity index (χ1v) is 6.40. The Morgan fingerprint density at radius 2 is 1.95 bits per heavy atom. The lowest BCUT2D eigenvalue weighted by Crippen LogP contribution is -2.29. The van der Waals surface area contributed by atoms with Gasteiger partial charge < -0.3 is 4.42 Å². The van der Waals surface area contributed by atoms with Crippen molar-refractivity contribution in [2.45, 2.75) is 13.0 Å². The van der Waals surface area contributed by atoms with Crippen molar-refractivity contribution in [1.82, 2.24) is 5.43 Å². The Bertz CT molecular complexity index is 751. The predicted molar refractivity (Wildman–Crippen MR) is 76.5 cm³/mol. The summed E-state index contributed by atoms with van der Waals surface area (Å²) in [4.78, 5) is 0. The van der Waals surface area contributed by atoms with Crippen LogP contribution in [0, 0.1) is 12.7 Å². The zero-order chi connectivity index (χ0) is 14.1. The van der Waals surface area contributed by atoms with Gasteiger partial charge in [0, 0.05) is 10.9 Å². The van der Waals surface area contributed by atoms with Gasteiger partial charge in [-0.15, -0.1) is 0 Å². The largest absolute Gasteiger partial charge is 0.459 e. The number of benzene rings is 2. The number of fused-ring (bicyclic) bond motifs is 1. The molecule has 20 heavy (non-hydrogen) atoms. The Hall–Kier alpha value is -2.17. The number of furan rings is 1. The van der Waals surface area contributed by atoms with E-state index in [1.807, 2.05) is 31.2 Å². The second kappa shape index (κ2) is 5.07. The number of hydrazine groups is 1. The van der Waals surface area contributed by atoms with Gasteiger partial charge in [-0.2, -0.15) is 0 Å². The van der Waals surface area contributed by atoms with Gasteiger partial charge in [0.05, 0.1) is 0 Å².